The Morgan fingerprint density at radius 1 is 1.10 bits per heavy atom. The highest BCUT2D eigenvalue weighted by molar-refractivity contribution is 5.99. The summed E-state index contributed by atoms with van der Waals surface area (Å²) in [7, 11) is 1.71. The van der Waals surface area contributed by atoms with E-state index in [1.165, 1.54) is 0 Å². The maximum atomic E-state index is 12.1. The van der Waals surface area contributed by atoms with Crippen molar-refractivity contribution >= 4 is 35.7 Å². The Balaban J connectivity index is 0.00000220. The molecule has 116 valence electrons. The SMILES string of the molecule is CNCC(=O)Nc1ccccc1NC(=O)N1CCCC1.Cl. The van der Waals surface area contributed by atoms with Crippen molar-refractivity contribution in [2.45, 2.75) is 12.8 Å². The van der Waals surface area contributed by atoms with Crippen LogP contribution in [0.4, 0.5) is 16.2 Å². The fraction of sp³-hybridized carbons (Fsp3) is 0.429. The van der Waals surface area contributed by atoms with Gasteiger partial charge in [-0.25, -0.2) is 4.79 Å². The molecule has 0 spiro atoms. The van der Waals surface area contributed by atoms with E-state index < -0.39 is 0 Å². The van der Waals surface area contributed by atoms with Gasteiger partial charge in [0.15, 0.2) is 0 Å². The number of nitrogens with zero attached hydrogens (tertiary/aromatic N) is 1. The second kappa shape index (κ2) is 8.49. The molecule has 1 aromatic rings. The van der Waals surface area contributed by atoms with Crippen LogP contribution in [0.1, 0.15) is 12.8 Å². The third kappa shape index (κ3) is 4.91. The maximum Gasteiger partial charge on any atom is 0.321 e. The molecule has 3 amide bonds. The minimum Gasteiger partial charge on any atom is -0.325 e. The van der Waals surface area contributed by atoms with Gasteiger partial charge < -0.3 is 20.9 Å². The number of hydrogen-bond acceptors (Lipinski definition) is 3. The van der Waals surface area contributed by atoms with Crippen molar-refractivity contribution in [3.8, 4) is 0 Å². The molecule has 1 saturated heterocycles. The molecule has 7 heteroatoms. The fourth-order valence-corrected chi connectivity index (χ4v) is 2.17. The molecule has 0 bridgehead atoms. The van der Waals surface area contributed by atoms with Gasteiger partial charge in [0.2, 0.25) is 5.91 Å². The number of carbonyl (C=O) groups is 2. The molecule has 1 heterocycles. The van der Waals surface area contributed by atoms with Gasteiger partial charge in [-0.05, 0) is 32.0 Å². The van der Waals surface area contributed by atoms with Crippen LogP contribution in [0, 0.1) is 0 Å². The van der Waals surface area contributed by atoms with Crippen molar-refractivity contribution in [1.82, 2.24) is 10.2 Å². The van der Waals surface area contributed by atoms with Gasteiger partial charge in [-0.3, -0.25) is 4.79 Å². The Bertz CT molecular complexity index is 490. The molecule has 0 aromatic heterocycles. The quantitative estimate of drug-likeness (QED) is 0.795. The summed E-state index contributed by atoms with van der Waals surface area (Å²) in [5.41, 5.74) is 1.23. The zero-order valence-corrected chi connectivity index (χ0v) is 12.8. The highest BCUT2D eigenvalue weighted by Crippen LogP contribution is 2.22. The number of nitrogens with one attached hydrogen (secondary N) is 3. The summed E-state index contributed by atoms with van der Waals surface area (Å²) in [6, 6.07) is 7.09. The van der Waals surface area contributed by atoms with Crippen molar-refractivity contribution < 1.29 is 9.59 Å². The first-order valence-corrected chi connectivity index (χ1v) is 6.80. The van der Waals surface area contributed by atoms with E-state index in [9.17, 15) is 9.59 Å². The molecular weight excluding hydrogens is 292 g/mol. The van der Waals surface area contributed by atoms with Gasteiger partial charge in [0, 0.05) is 13.1 Å². The first kappa shape index (κ1) is 17.3. The lowest BCUT2D eigenvalue weighted by atomic mass is 10.2. The normalized spacial score (nSPS) is 13.5. The monoisotopic (exact) mass is 312 g/mol. The third-order valence-corrected chi connectivity index (χ3v) is 3.17. The largest absolute Gasteiger partial charge is 0.325 e. The summed E-state index contributed by atoms with van der Waals surface area (Å²) in [5.74, 6) is -0.143. The molecule has 6 nitrogen and oxygen atoms in total. The Morgan fingerprint density at radius 3 is 2.24 bits per heavy atom. The van der Waals surface area contributed by atoms with Crippen molar-refractivity contribution in [2.24, 2.45) is 0 Å². The molecule has 1 aliphatic heterocycles. The highest BCUT2D eigenvalue weighted by Gasteiger charge is 2.18. The average Bonchev–Trinajstić information content (AvgIpc) is 2.95. The molecule has 0 atom stereocenters. The first-order chi connectivity index (χ1) is 9.70. The van der Waals surface area contributed by atoms with Crippen LogP contribution >= 0.6 is 12.4 Å². The summed E-state index contributed by atoms with van der Waals surface area (Å²) in [6.45, 7) is 1.81. The number of rotatable bonds is 4. The predicted octanol–water partition coefficient (Wildman–Crippen LogP) is 1.89. The molecular formula is C14H21ClN4O2. The van der Waals surface area contributed by atoms with Gasteiger partial charge >= 0.3 is 6.03 Å². The van der Waals surface area contributed by atoms with Crippen molar-refractivity contribution in [1.29, 1.82) is 0 Å². The molecule has 0 unspecified atom stereocenters. The van der Waals surface area contributed by atoms with E-state index in [4.69, 9.17) is 0 Å². The van der Waals surface area contributed by atoms with E-state index >= 15 is 0 Å². The number of hydrogen-bond donors (Lipinski definition) is 3. The summed E-state index contributed by atoms with van der Waals surface area (Å²) in [5, 5.41) is 8.41. The zero-order chi connectivity index (χ0) is 14.4. The molecule has 0 saturated carbocycles. The summed E-state index contributed by atoms with van der Waals surface area (Å²) in [4.78, 5) is 25.5. The van der Waals surface area contributed by atoms with Gasteiger partial charge in [0.1, 0.15) is 0 Å². The summed E-state index contributed by atoms with van der Waals surface area (Å²) < 4.78 is 0. The third-order valence-electron chi connectivity index (χ3n) is 3.17. The Morgan fingerprint density at radius 2 is 1.67 bits per heavy atom. The molecule has 1 fully saturated rings. The van der Waals surface area contributed by atoms with Crippen molar-refractivity contribution in [2.75, 3.05) is 37.3 Å². The lowest BCUT2D eigenvalue weighted by Gasteiger charge is -2.18. The highest BCUT2D eigenvalue weighted by atomic mass is 35.5. The number of likely N-dealkylation sites (tertiary alicyclic amines) is 1. The van der Waals surface area contributed by atoms with Gasteiger partial charge in [-0.15, -0.1) is 12.4 Å². The van der Waals surface area contributed by atoms with E-state index in [-0.39, 0.29) is 30.9 Å². The minimum atomic E-state index is -0.143. The molecule has 2 rings (SSSR count). The Labute approximate surface area is 130 Å². The number of likely N-dealkylation sites (N-methyl/N-ethyl adjacent to an activating group) is 1. The number of anilines is 2. The Kier molecular flexibility index (Phi) is 6.98. The van der Waals surface area contributed by atoms with Crippen LogP contribution in [0.15, 0.2) is 24.3 Å². The number of benzene rings is 1. The van der Waals surface area contributed by atoms with Crippen molar-refractivity contribution in [3.05, 3.63) is 24.3 Å². The van der Waals surface area contributed by atoms with E-state index in [0.29, 0.717) is 11.4 Å². The topological polar surface area (TPSA) is 73.5 Å². The van der Waals surface area contributed by atoms with Gasteiger partial charge in [-0.2, -0.15) is 0 Å². The van der Waals surface area contributed by atoms with E-state index in [1.807, 2.05) is 12.1 Å². The van der Waals surface area contributed by atoms with Gasteiger partial charge in [0.05, 0.1) is 17.9 Å². The van der Waals surface area contributed by atoms with Gasteiger partial charge in [-0.1, -0.05) is 12.1 Å². The smallest absolute Gasteiger partial charge is 0.321 e. The molecule has 21 heavy (non-hydrogen) atoms. The maximum absolute atomic E-state index is 12.1. The van der Waals surface area contributed by atoms with Crippen LogP contribution in [0.5, 0.6) is 0 Å². The van der Waals surface area contributed by atoms with Crippen LogP contribution in [-0.4, -0.2) is 43.5 Å². The number of amides is 3. The molecule has 1 aliphatic rings. The molecule has 1 aromatic carbocycles. The van der Waals surface area contributed by atoms with Crippen LogP contribution in [0.2, 0.25) is 0 Å². The number of halogens is 1. The molecule has 3 N–H and O–H groups in total. The lowest BCUT2D eigenvalue weighted by Crippen LogP contribution is -2.32. The first-order valence-electron chi connectivity index (χ1n) is 6.80. The Hall–Kier alpha value is -1.79. The van der Waals surface area contributed by atoms with Crippen molar-refractivity contribution in [3.63, 3.8) is 0 Å². The van der Waals surface area contributed by atoms with Crippen LogP contribution in [-0.2, 0) is 4.79 Å². The summed E-state index contributed by atoms with van der Waals surface area (Å²) >= 11 is 0. The average molecular weight is 313 g/mol. The number of carbonyl (C=O) groups excluding carboxylic acids is 2. The molecule has 0 radical (unpaired) electrons. The van der Waals surface area contributed by atoms with E-state index in [0.717, 1.165) is 25.9 Å². The van der Waals surface area contributed by atoms with Gasteiger partial charge in [0.25, 0.3) is 0 Å². The molecule has 0 aliphatic carbocycles. The van der Waals surface area contributed by atoms with E-state index in [2.05, 4.69) is 16.0 Å². The van der Waals surface area contributed by atoms with Crippen LogP contribution < -0.4 is 16.0 Å². The number of para-hydroxylation sites is 2. The predicted molar refractivity (Wildman–Crippen MR) is 86.1 cm³/mol. The second-order valence-corrected chi connectivity index (χ2v) is 4.75. The minimum absolute atomic E-state index is 0. The number of urea groups is 1. The van der Waals surface area contributed by atoms with Crippen LogP contribution in [0.3, 0.4) is 0 Å². The zero-order valence-electron chi connectivity index (χ0n) is 12.0. The van der Waals surface area contributed by atoms with Crippen LogP contribution in [0.25, 0.3) is 0 Å². The second-order valence-electron chi connectivity index (χ2n) is 4.75. The standard InChI is InChI=1S/C14H20N4O2.ClH/c1-15-10-13(19)16-11-6-2-3-7-12(11)17-14(20)18-8-4-5-9-18;/h2-3,6-7,15H,4-5,8-10H2,1H3,(H,16,19)(H,17,20);1H. The lowest BCUT2D eigenvalue weighted by molar-refractivity contribution is -0.115. The van der Waals surface area contributed by atoms with E-state index in [1.54, 1.807) is 24.1 Å². The summed E-state index contributed by atoms with van der Waals surface area (Å²) in [6.07, 6.45) is 2.10. The fourth-order valence-electron chi connectivity index (χ4n) is 2.17.